The molecule has 0 aliphatic carbocycles. The number of hydrogen-bond acceptors (Lipinski definition) is 3. The summed E-state index contributed by atoms with van der Waals surface area (Å²) in [4.78, 5) is 0. The van der Waals surface area contributed by atoms with Crippen LogP contribution in [-0.4, -0.2) is 35.1 Å². The van der Waals surface area contributed by atoms with Crippen LogP contribution in [0.2, 0.25) is 0 Å². The predicted molar refractivity (Wildman–Crippen MR) is 75.1 cm³/mol. The molecular formula is C15H20N2O2. The molecule has 1 heterocycles. The number of aromatic nitrogens is 2. The van der Waals surface area contributed by atoms with Gasteiger partial charge in [-0.2, -0.15) is 5.10 Å². The van der Waals surface area contributed by atoms with Crippen molar-refractivity contribution in [1.29, 1.82) is 0 Å². The molecule has 1 aromatic carbocycles. The van der Waals surface area contributed by atoms with Gasteiger partial charge in [0, 0.05) is 30.4 Å². The van der Waals surface area contributed by atoms with Crippen molar-refractivity contribution in [3.8, 4) is 11.3 Å². The van der Waals surface area contributed by atoms with Crippen molar-refractivity contribution >= 4 is 0 Å². The van der Waals surface area contributed by atoms with Crippen molar-refractivity contribution < 1.29 is 9.84 Å². The minimum absolute atomic E-state index is 0.331. The van der Waals surface area contributed by atoms with Crippen LogP contribution in [0.1, 0.15) is 16.8 Å². The molecule has 1 aromatic heterocycles. The lowest BCUT2D eigenvalue weighted by Gasteiger charge is -2.10. The Morgan fingerprint density at radius 2 is 1.95 bits per heavy atom. The Morgan fingerprint density at radius 3 is 2.58 bits per heavy atom. The highest BCUT2D eigenvalue weighted by atomic mass is 16.5. The lowest BCUT2D eigenvalue weighted by atomic mass is 10.0. The molecule has 0 aliphatic rings. The van der Waals surface area contributed by atoms with E-state index < -0.39 is 6.10 Å². The maximum absolute atomic E-state index is 9.89. The van der Waals surface area contributed by atoms with Crippen molar-refractivity contribution in [2.75, 3.05) is 13.7 Å². The molecule has 2 rings (SSSR count). The van der Waals surface area contributed by atoms with Gasteiger partial charge in [-0.1, -0.05) is 29.8 Å². The normalized spacial score (nSPS) is 12.6. The molecule has 2 N–H and O–H groups in total. The first kappa shape index (κ1) is 13.8. The van der Waals surface area contributed by atoms with Crippen molar-refractivity contribution in [3.05, 3.63) is 41.1 Å². The number of nitrogens with one attached hydrogen (secondary N) is 1. The van der Waals surface area contributed by atoms with Gasteiger partial charge in [0.15, 0.2) is 0 Å². The lowest BCUT2D eigenvalue weighted by Crippen LogP contribution is -2.17. The SMILES string of the molecule is COCC(O)Cc1c(-c2ccc(C)cc2)n[nH]c1C. The molecule has 0 radical (unpaired) electrons. The number of H-pyrrole nitrogens is 1. The number of methoxy groups -OCH3 is 1. The van der Waals surface area contributed by atoms with Crippen molar-refractivity contribution in [3.63, 3.8) is 0 Å². The van der Waals surface area contributed by atoms with Gasteiger partial charge in [0.05, 0.1) is 18.4 Å². The van der Waals surface area contributed by atoms with Gasteiger partial charge in [0.25, 0.3) is 0 Å². The number of aryl methyl sites for hydroxylation is 2. The second-order valence-corrected chi connectivity index (χ2v) is 4.86. The summed E-state index contributed by atoms with van der Waals surface area (Å²) in [6.07, 6.45) is 0.0323. The van der Waals surface area contributed by atoms with E-state index in [1.807, 2.05) is 6.92 Å². The number of nitrogens with zero attached hydrogens (tertiary/aromatic N) is 1. The molecule has 1 unspecified atom stereocenters. The zero-order valence-electron chi connectivity index (χ0n) is 11.6. The summed E-state index contributed by atoms with van der Waals surface area (Å²) in [6, 6.07) is 8.23. The monoisotopic (exact) mass is 260 g/mol. The van der Waals surface area contributed by atoms with Gasteiger partial charge >= 0.3 is 0 Å². The van der Waals surface area contributed by atoms with Crippen LogP contribution < -0.4 is 0 Å². The van der Waals surface area contributed by atoms with Gasteiger partial charge in [-0.25, -0.2) is 0 Å². The van der Waals surface area contributed by atoms with Crippen LogP contribution in [0.5, 0.6) is 0 Å². The average Bonchev–Trinajstić information content (AvgIpc) is 2.73. The van der Waals surface area contributed by atoms with Gasteiger partial charge in [-0.05, 0) is 13.8 Å². The van der Waals surface area contributed by atoms with E-state index in [4.69, 9.17) is 4.74 Å². The van der Waals surface area contributed by atoms with E-state index in [2.05, 4.69) is 41.4 Å². The smallest absolute Gasteiger partial charge is 0.0956 e. The first-order valence-corrected chi connectivity index (χ1v) is 6.39. The fraction of sp³-hybridized carbons (Fsp3) is 0.400. The second-order valence-electron chi connectivity index (χ2n) is 4.86. The Hall–Kier alpha value is -1.65. The molecule has 4 heteroatoms. The van der Waals surface area contributed by atoms with Crippen molar-refractivity contribution in [2.24, 2.45) is 0 Å². The lowest BCUT2D eigenvalue weighted by molar-refractivity contribution is 0.0650. The van der Waals surface area contributed by atoms with Gasteiger partial charge in [-0.15, -0.1) is 0 Å². The van der Waals surface area contributed by atoms with E-state index in [1.54, 1.807) is 7.11 Å². The Bertz CT molecular complexity index is 532. The molecule has 19 heavy (non-hydrogen) atoms. The van der Waals surface area contributed by atoms with E-state index in [1.165, 1.54) is 5.56 Å². The van der Waals surface area contributed by atoms with E-state index in [0.717, 1.165) is 22.5 Å². The number of ether oxygens (including phenoxy) is 1. The van der Waals surface area contributed by atoms with E-state index in [9.17, 15) is 5.11 Å². The fourth-order valence-electron chi connectivity index (χ4n) is 2.14. The first-order valence-electron chi connectivity index (χ1n) is 6.39. The predicted octanol–water partition coefficient (Wildman–Crippen LogP) is 2.24. The van der Waals surface area contributed by atoms with Crippen LogP contribution in [0.3, 0.4) is 0 Å². The van der Waals surface area contributed by atoms with Gasteiger partial charge in [-0.3, -0.25) is 5.10 Å². The summed E-state index contributed by atoms with van der Waals surface area (Å²) in [5.41, 5.74) is 5.23. The standard InChI is InChI=1S/C15H20N2O2/c1-10-4-6-12(7-5-10)15-14(11(2)16-17-15)8-13(18)9-19-3/h4-7,13,18H,8-9H2,1-3H3,(H,16,17). The Balaban J connectivity index is 2.29. The minimum Gasteiger partial charge on any atom is -0.390 e. The summed E-state index contributed by atoms with van der Waals surface area (Å²) in [7, 11) is 1.59. The number of benzene rings is 1. The summed E-state index contributed by atoms with van der Waals surface area (Å²) < 4.78 is 4.97. The highest BCUT2D eigenvalue weighted by Gasteiger charge is 2.15. The molecular weight excluding hydrogens is 240 g/mol. The van der Waals surface area contributed by atoms with Crippen molar-refractivity contribution in [2.45, 2.75) is 26.4 Å². The topological polar surface area (TPSA) is 58.1 Å². The van der Waals surface area contributed by atoms with Crippen LogP contribution in [0.4, 0.5) is 0 Å². The fourth-order valence-corrected chi connectivity index (χ4v) is 2.14. The Labute approximate surface area is 113 Å². The van der Waals surface area contributed by atoms with Gasteiger partial charge in [0.2, 0.25) is 0 Å². The zero-order chi connectivity index (χ0) is 13.8. The molecule has 4 nitrogen and oxygen atoms in total. The molecule has 0 bridgehead atoms. The number of hydrogen-bond donors (Lipinski definition) is 2. The van der Waals surface area contributed by atoms with Crippen LogP contribution >= 0.6 is 0 Å². The van der Waals surface area contributed by atoms with Crippen LogP contribution in [-0.2, 0) is 11.2 Å². The molecule has 0 saturated heterocycles. The molecule has 2 aromatic rings. The molecule has 0 fully saturated rings. The number of aliphatic hydroxyl groups is 1. The number of aromatic amines is 1. The zero-order valence-corrected chi connectivity index (χ0v) is 11.6. The Morgan fingerprint density at radius 1 is 1.26 bits per heavy atom. The minimum atomic E-state index is -0.509. The molecule has 0 saturated carbocycles. The summed E-state index contributed by atoms with van der Waals surface area (Å²) in [6.45, 7) is 4.36. The summed E-state index contributed by atoms with van der Waals surface area (Å²) in [5, 5.41) is 17.2. The third kappa shape index (κ3) is 3.22. The van der Waals surface area contributed by atoms with Crippen LogP contribution in [0.25, 0.3) is 11.3 Å². The molecule has 0 amide bonds. The number of rotatable bonds is 5. The first-order chi connectivity index (χ1) is 9.11. The third-order valence-corrected chi connectivity index (χ3v) is 3.20. The van der Waals surface area contributed by atoms with Crippen LogP contribution in [0, 0.1) is 13.8 Å². The molecule has 0 spiro atoms. The highest BCUT2D eigenvalue weighted by molar-refractivity contribution is 5.64. The quantitative estimate of drug-likeness (QED) is 0.867. The largest absolute Gasteiger partial charge is 0.390 e. The van der Waals surface area contributed by atoms with E-state index >= 15 is 0 Å². The highest BCUT2D eigenvalue weighted by Crippen LogP contribution is 2.25. The maximum atomic E-state index is 9.89. The van der Waals surface area contributed by atoms with E-state index in [-0.39, 0.29) is 0 Å². The third-order valence-electron chi connectivity index (χ3n) is 3.20. The molecule has 0 aliphatic heterocycles. The van der Waals surface area contributed by atoms with Gasteiger partial charge < -0.3 is 9.84 Å². The number of aliphatic hydroxyl groups excluding tert-OH is 1. The van der Waals surface area contributed by atoms with Crippen molar-refractivity contribution in [1.82, 2.24) is 10.2 Å². The Kier molecular flexibility index (Phi) is 4.35. The van der Waals surface area contributed by atoms with E-state index in [0.29, 0.717) is 13.0 Å². The summed E-state index contributed by atoms with van der Waals surface area (Å²) >= 11 is 0. The summed E-state index contributed by atoms with van der Waals surface area (Å²) in [5.74, 6) is 0. The maximum Gasteiger partial charge on any atom is 0.0956 e. The molecule has 1 atom stereocenters. The second kappa shape index (κ2) is 5.99. The molecule has 102 valence electrons. The average molecular weight is 260 g/mol. The van der Waals surface area contributed by atoms with Gasteiger partial charge in [0.1, 0.15) is 0 Å². The van der Waals surface area contributed by atoms with Crippen LogP contribution in [0.15, 0.2) is 24.3 Å².